The van der Waals surface area contributed by atoms with Crippen molar-refractivity contribution in [3.05, 3.63) is 65.7 Å². The minimum atomic E-state index is 0.879. The van der Waals surface area contributed by atoms with Crippen LogP contribution >= 0.6 is 0 Å². The summed E-state index contributed by atoms with van der Waals surface area (Å²) in [5, 5.41) is 7.00. The summed E-state index contributed by atoms with van der Waals surface area (Å²) in [5.41, 5.74) is 3.62. The van der Waals surface area contributed by atoms with E-state index in [1.807, 2.05) is 12.1 Å². The third kappa shape index (κ3) is 4.36. The lowest BCUT2D eigenvalue weighted by Crippen LogP contribution is -3.13. The summed E-state index contributed by atoms with van der Waals surface area (Å²) in [7, 11) is 1.69. The van der Waals surface area contributed by atoms with E-state index in [4.69, 9.17) is 9.84 Å². The highest BCUT2D eigenvalue weighted by Gasteiger charge is 2.19. The lowest BCUT2D eigenvalue weighted by atomic mass is 10.1. The quantitative estimate of drug-likeness (QED) is 0.850. The second-order valence-electron chi connectivity index (χ2n) is 6.28. The number of methoxy groups -OCH3 is 1. The van der Waals surface area contributed by atoms with Crippen molar-refractivity contribution in [2.75, 3.05) is 33.3 Å². The predicted octanol–water partition coefficient (Wildman–Crippen LogP) is 1.82. The number of benzene rings is 2. The van der Waals surface area contributed by atoms with Crippen molar-refractivity contribution in [2.24, 2.45) is 5.10 Å². The first kappa shape index (κ1) is 16.5. The van der Waals surface area contributed by atoms with Gasteiger partial charge in [-0.15, -0.1) is 0 Å². The van der Waals surface area contributed by atoms with Gasteiger partial charge in [0.05, 0.1) is 39.0 Å². The maximum atomic E-state index is 5.21. The highest BCUT2D eigenvalue weighted by Crippen LogP contribution is 2.12. The van der Waals surface area contributed by atoms with Gasteiger partial charge in [-0.1, -0.05) is 30.3 Å². The van der Waals surface area contributed by atoms with E-state index in [2.05, 4.69) is 54.4 Å². The van der Waals surface area contributed by atoms with Crippen LogP contribution < -0.4 is 9.64 Å². The molecule has 24 heavy (non-hydrogen) atoms. The molecule has 1 saturated heterocycles. The Morgan fingerprint density at radius 3 is 2.33 bits per heavy atom. The first-order valence-corrected chi connectivity index (χ1v) is 8.56. The van der Waals surface area contributed by atoms with Gasteiger partial charge >= 0.3 is 0 Å². The fourth-order valence-electron chi connectivity index (χ4n) is 3.07. The maximum Gasteiger partial charge on any atom is 0.118 e. The molecule has 1 aliphatic rings. The number of ether oxygens (including phenoxy) is 1. The van der Waals surface area contributed by atoms with Crippen LogP contribution in [0.15, 0.2) is 59.7 Å². The molecule has 126 valence electrons. The van der Waals surface area contributed by atoms with Gasteiger partial charge in [-0.05, 0) is 36.8 Å². The zero-order valence-corrected chi connectivity index (χ0v) is 14.5. The minimum Gasteiger partial charge on any atom is -0.497 e. The zero-order chi connectivity index (χ0) is 16.8. The molecule has 4 nitrogen and oxygen atoms in total. The molecule has 0 saturated carbocycles. The average Bonchev–Trinajstić information content (AvgIpc) is 2.64. The lowest BCUT2D eigenvalue weighted by Gasteiger charge is -2.31. The molecule has 0 amide bonds. The molecule has 2 aromatic rings. The van der Waals surface area contributed by atoms with Crippen molar-refractivity contribution in [2.45, 2.75) is 13.5 Å². The van der Waals surface area contributed by atoms with E-state index in [0.29, 0.717) is 0 Å². The molecule has 0 spiro atoms. The van der Waals surface area contributed by atoms with E-state index in [-0.39, 0.29) is 0 Å². The Balaban J connectivity index is 1.54. The van der Waals surface area contributed by atoms with Crippen LogP contribution in [0.25, 0.3) is 0 Å². The normalized spacial score (nSPS) is 16.2. The maximum absolute atomic E-state index is 5.21. The average molecular weight is 324 g/mol. The fourth-order valence-corrected chi connectivity index (χ4v) is 3.07. The molecule has 3 rings (SSSR count). The summed E-state index contributed by atoms with van der Waals surface area (Å²) in [6.45, 7) is 7.47. The molecule has 1 N–H and O–H groups in total. The van der Waals surface area contributed by atoms with Crippen LogP contribution in [0.2, 0.25) is 0 Å². The number of nitrogens with one attached hydrogen (secondary N) is 1. The smallest absolute Gasteiger partial charge is 0.118 e. The van der Waals surface area contributed by atoms with E-state index < -0.39 is 0 Å². The lowest BCUT2D eigenvalue weighted by molar-refractivity contribution is -0.918. The largest absolute Gasteiger partial charge is 0.497 e. The van der Waals surface area contributed by atoms with Gasteiger partial charge in [-0.2, -0.15) is 5.10 Å². The van der Waals surface area contributed by atoms with E-state index in [9.17, 15) is 0 Å². The number of piperazine rings is 1. The molecule has 0 aromatic heterocycles. The van der Waals surface area contributed by atoms with Gasteiger partial charge in [0.2, 0.25) is 0 Å². The molecule has 0 radical (unpaired) electrons. The SMILES string of the molecule is COc1ccc(/C(C)=N/N2CC[NH+](Cc3ccccc3)CC2)cc1. The van der Waals surface area contributed by atoms with Crippen LogP contribution in [-0.4, -0.2) is 44.0 Å². The van der Waals surface area contributed by atoms with Gasteiger partial charge in [-0.3, -0.25) is 5.01 Å². The molecule has 0 bridgehead atoms. The van der Waals surface area contributed by atoms with E-state index in [1.165, 1.54) is 5.56 Å². The monoisotopic (exact) mass is 324 g/mol. The van der Waals surface area contributed by atoms with E-state index in [1.54, 1.807) is 12.0 Å². The summed E-state index contributed by atoms with van der Waals surface area (Å²) in [4.78, 5) is 1.63. The van der Waals surface area contributed by atoms with Crippen LogP contribution in [0, 0.1) is 0 Å². The molecule has 1 aliphatic heterocycles. The van der Waals surface area contributed by atoms with Gasteiger partial charge in [0.25, 0.3) is 0 Å². The molecule has 0 aliphatic carbocycles. The molecule has 1 heterocycles. The van der Waals surface area contributed by atoms with Crippen molar-refractivity contribution in [1.29, 1.82) is 0 Å². The molecule has 0 atom stereocenters. The van der Waals surface area contributed by atoms with Crippen LogP contribution in [-0.2, 0) is 6.54 Å². The Hall–Kier alpha value is -2.33. The van der Waals surface area contributed by atoms with Crippen LogP contribution in [0.4, 0.5) is 0 Å². The molecular formula is C20H26N3O+. The number of hydrogen-bond donors (Lipinski definition) is 1. The van der Waals surface area contributed by atoms with E-state index >= 15 is 0 Å². The first-order chi connectivity index (χ1) is 11.7. The molecule has 4 heteroatoms. The van der Waals surface area contributed by atoms with Crippen molar-refractivity contribution >= 4 is 5.71 Å². The van der Waals surface area contributed by atoms with Crippen molar-refractivity contribution in [3.8, 4) is 5.75 Å². The van der Waals surface area contributed by atoms with Gasteiger partial charge in [0, 0.05) is 5.56 Å². The topological polar surface area (TPSA) is 29.3 Å². The number of nitrogens with zero attached hydrogens (tertiary/aromatic N) is 2. The number of hydrazone groups is 1. The second-order valence-corrected chi connectivity index (χ2v) is 6.28. The van der Waals surface area contributed by atoms with Crippen molar-refractivity contribution in [3.63, 3.8) is 0 Å². The molecule has 0 unspecified atom stereocenters. The summed E-state index contributed by atoms with van der Waals surface area (Å²) in [5.74, 6) is 0.879. The zero-order valence-electron chi connectivity index (χ0n) is 14.5. The van der Waals surface area contributed by atoms with Crippen LogP contribution in [0.5, 0.6) is 5.75 Å². The highest BCUT2D eigenvalue weighted by atomic mass is 16.5. The minimum absolute atomic E-state index is 0.879. The molecule has 1 fully saturated rings. The first-order valence-electron chi connectivity index (χ1n) is 8.56. The second kappa shape index (κ2) is 7.97. The van der Waals surface area contributed by atoms with Gasteiger partial charge in [0.1, 0.15) is 12.3 Å². The summed E-state index contributed by atoms with van der Waals surface area (Å²) in [6, 6.07) is 18.8. The molecule has 2 aromatic carbocycles. The van der Waals surface area contributed by atoms with E-state index in [0.717, 1.165) is 49.7 Å². The fraction of sp³-hybridized carbons (Fsp3) is 0.350. The van der Waals surface area contributed by atoms with Gasteiger partial charge in [0.15, 0.2) is 0 Å². The Bertz CT molecular complexity index is 659. The Kier molecular flexibility index (Phi) is 5.49. The van der Waals surface area contributed by atoms with Crippen LogP contribution in [0.3, 0.4) is 0 Å². The Morgan fingerprint density at radius 2 is 1.71 bits per heavy atom. The Morgan fingerprint density at radius 1 is 1.04 bits per heavy atom. The number of hydrogen-bond acceptors (Lipinski definition) is 3. The third-order valence-corrected chi connectivity index (χ3v) is 4.54. The van der Waals surface area contributed by atoms with Gasteiger partial charge in [-0.25, -0.2) is 0 Å². The number of quaternary nitrogens is 1. The predicted molar refractivity (Wildman–Crippen MR) is 97.6 cm³/mol. The van der Waals surface area contributed by atoms with Crippen molar-refractivity contribution < 1.29 is 9.64 Å². The third-order valence-electron chi connectivity index (χ3n) is 4.54. The summed E-state index contributed by atoms with van der Waals surface area (Å²) in [6.07, 6.45) is 0. The van der Waals surface area contributed by atoms with Crippen LogP contribution in [0.1, 0.15) is 18.1 Å². The highest BCUT2D eigenvalue weighted by molar-refractivity contribution is 5.98. The Labute approximate surface area is 144 Å². The summed E-state index contributed by atoms with van der Waals surface area (Å²) < 4.78 is 5.21. The van der Waals surface area contributed by atoms with Gasteiger partial charge < -0.3 is 9.64 Å². The number of rotatable bonds is 5. The standard InChI is InChI=1S/C20H25N3O/c1-17(19-8-10-20(24-2)11-9-19)21-23-14-12-22(13-15-23)16-18-6-4-3-5-7-18/h3-11H,12-16H2,1-2H3/p+1/b21-17+. The molecular weight excluding hydrogens is 298 g/mol. The summed E-state index contributed by atoms with van der Waals surface area (Å²) >= 11 is 0. The van der Waals surface area contributed by atoms with Crippen molar-refractivity contribution in [1.82, 2.24) is 5.01 Å².